The molecular weight excluding hydrogens is 400 g/mol. The van der Waals surface area contributed by atoms with Crippen molar-refractivity contribution in [2.75, 3.05) is 31.5 Å². The molecule has 0 aromatic heterocycles. The van der Waals surface area contributed by atoms with Crippen LogP contribution < -0.4 is 10.6 Å². The second-order valence-electron chi connectivity index (χ2n) is 7.25. The average Bonchev–Trinajstić information content (AvgIpc) is 2.79. The number of amides is 1. The fraction of sp³-hybridized carbons (Fsp3) is 0.364. The fourth-order valence-electron chi connectivity index (χ4n) is 3.44. The average molecular weight is 427 g/mol. The van der Waals surface area contributed by atoms with Gasteiger partial charge in [-0.25, -0.2) is 8.42 Å². The number of hydrogen-bond donors (Lipinski definition) is 2. The van der Waals surface area contributed by atoms with Crippen LogP contribution in [-0.4, -0.2) is 44.8 Å². The van der Waals surface area contributed by atoms with Gasteiger partial charge in [-0.2, -0.15) is 9.57 Å². The van der Waals surface area contributed by atoms with E-state index in [4.69, 9.17) is 5.26 Å². The molecule has 0 bridgehead atoms. The summed E-state index contributed by atoms with van der Waals surface area (Å²) in [7, 11) is -3.60. The van der Waals surface area contributed by atoms with Gasteiger partial charge in [0.1, 0.15) is 0 Å². The summed E-state index contributed by atoms with van der Waals surface area (Å²) in [5, 5.41) is 15.1. The molecule has 1 aliphatic rings. The van der Waals surface area contributed by atoms with E-state index in [9.17, 15) is 13.2 Å². The molecule has 7 nitrogen and oxygen atoms in total. The van der Waals surface area contributed by atoms with Gasteiger partial charge in [-0.05, 0) is 55.7 Å². The van der Waals surface area contributed by atoms with E-state index in [-0.39, 0.29) is 16.7 Å². The lowest BCUT2D eigenvalue weighted by atomic mass is 9.97. The summed E-state index contributed by atoms with van der Waals surface area (Å²) in [5.41, 5.74) is 1.47. The number of nitrogens with zero attached hydrogens (tertiary/aromatic N) is 2. The third kappa shape index (κ3) is 5.59. The summed E-state index contributed by atoms with van der Waals surface area (Å²) in [6.07, 6.45) is 1.82. The van der Waals surface area contributed by atoms with Crippen molar-refractivity contribution in [2.24, 2.45) is 5.92 Å². The molecule has 2 aromatic carbocycles. The van der Waals surface area contributed by atoms with Crippen LogP contribution in [0.15, 0.2) is 59.5 Å². The van der Waals surface area contributed by atoms with Crippen LogP contribution in [0.3, 0.4) is 0 Å². The molecule has 0 unspecified atom stereocenters. The molecule has 3 rings (SSSR count). The minimum Gasteiger partial charge on any atom is -0.385 e. The van der Waals surface area contributed by atoms with E-state index in [1.807, 2.05) is 36.4 Å². The third-order valence-electron chi connectivity index (χ3n) is 5.20. The molecule has 1 heterocycles. The molecule has 1 saturated heterocycles. The maximum absolute atomic E-state index is 12.8. The molecule has 2 aromatic rings. The number of hydrogen-bond acceptors (Lipinski definition) is 5. The summed E-state index contributed by atoms with van der Waals surface area (Å²) >= 11 is 0. The Balaban J connectivity index is 1.41. The van der Waals surface area contributed by atoms with Crippen LogP contribution in [0.2, 0.25) is 0 Å². The molecule has 1 aliphatic heterocycles. The number of para-hydroxylation sites is 1. The first-order valence-electron chi connectivity index (χ1n) is 10.1. The number of benzene rings is 2. The zero-order valence-corrected chi connectivity index (χ0v) is 17.6. The van der Waals surface area contributed by atoms with E-state index in [1.165, 1.54) is 28.6 Å². The molecule has 8 heteroatoms. The summed E-state index contributed by atoms with van der Waals surface area (Å²) < 4.78 is 26.9. The van der Waals surface area contributed by atoms with Gasteiger partial charge in [-0.3, -0.25) is 4.79 Å². The van der Waals surface area contributed by atoms with Gasteiger partial charge >= 0.3 is 0 Å². The van der Waals surface area contributed by atoms with Crippen LogP contribution in [0.25, 0.3) is 0 Å². The van der Waals surface area contributed by atoms with E-state index in [1.54, 1.807) is 0 Å². The van der Waals surface area contributed by atoms with Crippen LogP contribution >= 0.6 is 0 Å². The van der Waals surface area contributed by atoms with E-state index in [0.717, 1.165) is 18.7 Å². The lowest BCUT2D eigenvalue weighted by Crippen LogP contribution is -2.43. The van der Waals surface area contributed by atoms with E-state index in [0.29, 0.717) is 38.0 Å². The third-order valence-corrected chi connectivity index (χ3v) is 7.11. The predicted octanol–water partition coefficient (Wildman–Crippen LogP) is 2.58. The first-order valence-corrected chi connectivity index (χ1v) is 11.5. The van der Waals surface area contributed by atoms with Crippen molar-refractivity contribution in [3.05, 3.63) is 60.2 Å². The monoisotopic (exact) mass is 426 g/mol. The highest BCUT2D eigenvalue weighted by atomic mass is 32.2. The maximum Gasteiger partial charge on any atom is 0.243 e. The minimum atomic E-state index is -3.60. The van der Waals surface area contributed by atoms with Gasteiger partial charge in [0.25, 0.3) is 0 Å². The van der Waals surface area contributed by atoms with Gasteiger partial charge in [0, 0.05) is 37.8 Å². The first-order chi connectivity index (χ1) is 14.5. The summed E-state index contributed by atoms with van der Waals surface area (Å²) in [6, 6.07) is 17.8. The highest BCUT2D eigenvalue weighted by Crippen LogP contribution is 2.24. The normalized spacial score (nSPS) is 15.3. The Morgan fingerprint density at radius 3 is 2.33 bits per heavy atom. The number of rotatable bonds is 8. The van der Waals surface area contributed by atoms with Gasteiger partial charge in [-0.15, -0.1) is 0 Å². The summed E-state index contributed by atoms with van der Waals surface area (Å²) in [5.74, 6) is -0.176. The molecule has 30 heavy (non-hydrogen) atoms. The van der Waals surface area contributed by atoms with Crippen LogP contribution in [0.4, 0.5) is 5.69 Å². The molecule has 0 saturated carbocycles. The van der Waals surface area contributed by atoms with Crippen molar-refractivity contribution in [2.45, 2.75) is 24.2 Å². The number of carbonyl (C=O) groups excluding carboxylic acids is 1. The number of nitriles is 1. The number of sulfonamides is 1. The van der Waals surface area contributed by atoms with Gasteiger partial charge in [-0.1, -0.05) is 18.2 Å². The van der Waals surface area contributed by atoms with Crippen molar-refractivity contribution in [3.63, 3.8) is 0 Å². The molecule has 1 fully saturated rings. The van der Waals surface area contributed by atoms with Crippen LogP contribution in [0.5, 0.6) is 0 Å². The quantitative estimate of drug-likeness (QED) is 0.632. The Morgan fingerprint density at radius 2 is 1.70 bits per heavy atom. The SMILES string of the molecule is N#Cc1ccc(S(=O)(=O)N2CCC(C(=O)NCCCNc3ccccc3)CC2)cc1. The van der Waals surface area contributed by atoms with Crippen molar-refractivity contribution in [3.8, 4) is 6.07 Å². The van der Waals surface area contributed by atoms with E-state index in [2.05, 4.69) is 10.6 Å². The number of carbonyl (C=O) groups is 1. The van der Waals surface area contributed by atoms with Crippen molar-refractivity contribution in [1.29, 1.82) is 5.26 Å². The predicted molar refractivity (Wildman–Crippen MR) is 115 cm³/mol. The van der Waals surface area contributed by atoms with E-state index < -0.39 is 10.0 Å². The molecule has 1 amide bonds. The van der Waals surface area contributed by atoms with Crippen molar-refractivity contribution < 1.29 is 13.2 Å². The molecule has 0 spiro atoms. The zero-order chi connectivity index (χ0) is 21.4. The highest BCUT2D eigenvalue weighted by molar-refractivity contribution is 7.89. The van der Waals surface area contributed by atoms with Gasteiger partial charge in [0.2, 0.25) is 15.9 Å². The fourth-order valence-corrected chi connectivity index (χ4v) is 4.91. The minimum absolute atomic E-state index is 0.00914. The molecule has 0 radical (unpaired) electrons. The maximum atomic E-state index is 12.8. The molecule has 0 atom stereocenters. The Hall–Kier alpha value is -2.89. The van der Waals surface area contributed by atoms with Crippen molar-refractivity contribution >= 4 is 21.6 Å². The highest BCUT2D eigenvalue weighted by Gasteiger charge is 2.31. The summed E-state index contributed by atoms with van der Waals surface area (Å²) in [6.45, 7) is 1.99. The van der Waals surface area contributed by atoms with Gasteiger partial charge < -0.3 is 10.6 Å². The van der Waals surface area contributed by atoms with Crippen LogP contribution in [-0.2, 0) is 14.8 Å². The second kappa shape index (κ2) is 10.2. The first kappa shape index (κ1) is 21.8. The second-order valence-corrected chi connectivity index (χ2v) is 9.19. The Labute approximate surface area is 177 Å². The van der Waals surface area contributed by atoms with Gasteiger partial charge in [0.15, 0.2) is 0 Å². The lowest BCUT2D eigenvalue weighted by molar-refractivity contribution is -0.126. The Morgan fingerprint density at radius 1 is 1.03 bits per heavy atom. The zero-order valence-electron chi connectivity index (χ0n) is 16.8. The smallest absolute Gasteiger partial charge is 0.243 e. The lowest BCUT2D eigenvalue weighted by Gasteiger charge is -2.30. The number of nitrogens with one attached hydrogen (secondary N) is 2. The molecular formula is C22H26N4O3S. The largest absolute Gasteiger partial charge is 0.385 e. The van der Waals surface area contributed by atoms with Crippen LogP contribution in [0, 0.1) is 17.2 Å². The molecule has 158 valence electrons. The van der Waals surface area contributed by atoms with Crippen LogP contribution in [0.1, 0.15) is 24.8 Å². The topological polar surface area (TPSA) is 102 Å². The standard InChI is InChI=1S/C22H26N4O3S/c23-17-18-7-9-21(10-8-18)30(28,29)26-15-11-19(12-16-26)22(27)25-14-4-13-24-20-5-2-1-3-6-20/h1-3,5-10,19,24H,4,11-16H2,(H,25,27). The Kier molecular flexibility index (Phi) is 7.44. The summed E-state index contributed by atoms with van der Waals surface area (Å²) in [4.78, 5) is 12.6. The number of piperidine rings is 1. The van der Waals surface area contributed by atoms with Gasteiger partial charge in [0.05, 0.1) is 16.5 Å². The van der Waals surface area contributed by atoms with E-state index >= 15 is 0 Å². The Bertz CT molecular complexity index is 977. The number of anilines is 1. The molecule has 0 aliphatic carbocycles. The molecule has 2 N–H and O–H groups in total. The van der Waals surface area contributed by atoms with Crippen molar-refractivity contribution in [1.82, 2.24) is 9.62 Å².